The van der Waals surface area contributed by atoms with E-state index in [-0.39, 0.29) is 0 Å². The molecule has 2 heterocycles. The lowest BCUT2D eigenvalue weighted by Crippen LogP contribution is -2.40. The van der Waals surface area contributed by atoms with E-state index in [1.54, 1.807) is 0 Å². The first-order chi connectivity index (χ1) is 9.81. The molecule has 1 atom stereocenters. The quantitative estimate of drug-likeness (QED) is 0.858. The van der Waals surface area contributed by atoms with Crippen LogP contribution in [0.4, 0.5) is 5.95 Å². The zero-order chi connectivity index (χ0) is 13.9. The Labute approximate surface area is 120 Å². The molecule has 1 aliphatic rings. The molecule has 0 bridgehead atoms. The van der Waals surface area contributed by atoms with Gasteiger partial charge in [0.2, 0.25) is 5.95 Å². The zero-order valence-corrected chi connectivity index (χ0v) is 12.3. The Morgan fingerprint density at radius 1 is 1.15 bits per heavy atom. The van der Waals surface area contributed by atoms with Crippen molar-refractivity contribution in [3.8, 4) is 11.4 Å². The van der Waals surface area contributed by atoms with Crippen LogP contribution in [-0.4, -0.2) is 27.4 Å². The summed E-state index contributed by atoms with van der Waals surface area (Å²) in [4.78, 5) is 2.43. The number of benzene rings is 1. The molecule has 1 saturated heterocycles. The van der Waals surface area contributed by atoms with E-state index in [2.05, 4.69) is 45.8 Å². The molecule has 0 radical (unpaired) electrons. The van der Waals surface area contributed by atoms with Crippen LogP contribution in [0.5, 0.6) is 0 Å². The van der Waals surface area contributed by atoms with Crippen LogP contribution >= 0.6 is 0 Å². The molecular weight excluding hydrogens is 248 g/mol. The highest BCUT2D eigenvalue weighted by Gasteiger charge is 2.25. The normalized spacial score (nSPS) is 19.3. The van der Waals surface area contributed by atoms with Crippen molar-refractivity contribution < 1.29 is 0 Å². The number of piperidine rings is 1. The van der Waals surface area contributed by atoms with Crippen molar-refractivity contribution >= 4 is 5.95 Å². The summed E-state index contributed by atoms with van der Waals surface area (Å²) in [6.45, 7) is 3.36. The molecule has 1 fully saturated rings. The highest BCUT2D eigenvalue weighted by atomic mass is 15.4. The van der Waals surface area contributed by atoms with Crippen molar-refractivity contribution in [1.29, 1.82) is 0 Å². The Morgan fingerprint density at radius 2 is 1.95 bits per heavy atom. The van der Waals surface area contributed by atoms with Crippen LogP contribution in [-0.2, 0) is 7.05 Å². The lowest BCUT2D eigenvalue weighted by molar-refractivity contribution is 0.439. The van der Waals surface area contributed by atoms with Gasteiger partial charge in [-0.15, -0.1) is 10.2 Å². The van der Waals surface area contributed by atoms with E-state index in [0.717, 1.165) is 23.9 Å². The summed E-state index contributed by atoms with van der Waals surface area (Å²) in [5, 5.41) is 8.85. The van der Waals surface area contributed by atoms with Crippen LogP contribution in [0.15, 0.2) is 30.3 Å². The first-order valence-electron chi connectivity index (χ1n) is 7.52. The minimum absolute atomic E-state index is 0.607. The van der Waals surface area contributed by atoms with Gasteiger partial charge < -0.3 is 4.90 Å². The Balaban J connectivity index is 1.94. The molecule has 0 N–H and O–H groups in total. The summed E-state index contributed by atoms with van der Waals surface area (Å²) in [6, 6.07) is 10.9. The molecule has 4 nitrogen and oxygen atoms in total. The minimum Gasteiger partial charge on any atom is -0.338 e. The van der Waals surface area contributed by atoms with Crippen molar-refractivity contribution in [1.82, 2.24) is 14.8 Å². The van der Waals surface area contributed by atoms with Gasteiger partial charge >= 0.3 is 0 Å². The predicted octanol–water partition coefficient (Wildman–Crippen LogP) is 3.25. The zero-order valence-electron chi connectivity index (χ0n) is 12.3. The molecule has 0 aliphatic carbocycles. The average Bonchev–Trinajstić information content (AvgIpc) is 2.89. The monoisotopic (exact) mass is 270 g/mol. The Hall–Kier alpha value is -1.84. The van der Waals surface area contributed by atoms with Gasteiger partial charge in [0, 0.05) is 25.2 Å². The highest BCUT2D eigenvalue weighted by molar-refractivity contribution is 5.57. The van der Waals surface area contributed by atoms with Crippen molar-refractivity contribution in [2.75, 3.05) is 11.4 Å². The van der Waals surface area contributed by atoms with E-state index in [1.165, 1.54) is 25.7 Å². The number of rotatable bonds is 3. The first-order valence-corrected chi connectivity index (χ1v) is 7.52. The van der Waals surface area contributed by atoms with Crippen molar-refractivity contribution in [3.63, 3.8) is 0 Å². The lowest BCUT2D eigenvalue weighted by Gasteiger charge is -2.35. The number of anilines is 1. The first kappa shape index (κ1) is 13.2. The second-order valence-corrected chi connectivity index (χ2v) is 5.50. The molecule has 1 aliphatic heterocycles. The van der Waals surface area contributed by atoms with Gasteiger partial charge in [-0.1, -0.05) is 37.3 Å². The molecule has 3 rings (SSSR count). The molecule has 4 heteroatoms. The molecule has 1 aromatic heterocycles. The Kier molecular flexibility index (Phi) is 3.72. The van der Waals surface area contributed by atoms with Crippen LogP contribution in [0, 0.1) is 0 Å². The third kappa shape index (κ3) is 2.30. The standard InChI is InChI=1S/C16H22N4/c1-3-14-11-7-8-12-20(14)16-18-17-15(19(16)2)13-9-5-4-6-10-13/h4-6,9-10,14H,3,7-8,11-12H2,1-2H3/t14-/m1/s1. The summed E-state index contributed by atoms with van der Waals surface area (Å²) in [7, 11) is 2.07. The molecular formula is C16H22N4. The number of aromatic nitrogens is 3. The second kappa shape index (κ2) is 5.65. The van der Waals surface area contributed by atoms with Gasteiger partial charge in [-0.25, -0.2) is 0 Å². The molecule has 20 heavy (non-hydrogen) atoms. The van der Waals surface area contributed by atoms with E-state index in [0.29, 0.717) is 6.04 Å². The summed E-state index contributed by atoms with van der Waals surface area (Å²) >= 11 is 0. The fourth-order valence-corrected chi connectivity index (χ4v) is 3.10. The third-order valence-corrected chi connectivity index (χ3v) is 4.24. The van der Waals surface area contributed by atoms with E-state index in [9.17, 15) is 0 Å². The van der Waals surface area contributed by atoms with Crippen LogP contribution in [0.1, 0.15) is 32.6 Å². The average molecular weight is 270 g/mol. The van der Waals surface area contributed by atoms with Crippen LogP contribution < -0.4 is 4.90 Å². The maximum atomic E-state index is 4.45. The molecule has 2 aromatic rings. The third-order valence-electron chi connectivity index (χ3n) is 4.24. The number of hydrogen-bond donors (Lipinski definition) is 0. The van der Waals surface area contributed by atoms with Crippen molar-refractivity contribution in [3.05, 3.63) is 30.3 Å². The van der Waals surface area contributed by atoms with E-state index in [1.807, 2.05) is 18.2 Å². The van der Waals surface area contributed by atoms with Gasteiger partial charge in [-0.2, -0.15) is 0 Å². The number of hydrogen-bond acceptors (Lipinski definition) is 3. The molecule has 106 valence electrons. The highest BCUT2D eigenvalue weighted by Crippen LogP contribution is 2.27. The van der Waals surface area contributed by atoms with Gasteiger partial charge in [-0.3, -0.25) is 4.57 Å². The molecule has 0 unspecified atom stereocenters. The maximum Gasteiger partial charge on any atom is 0.227 e. The summed E-state index contributed by atoms with van der Waals surface area (Å²) in [6.07, 6.45) is 5.03. The second-order valence-electron chi connectivity index (χ2n) is 5.50. The lowest BCUT2D eigenvalue weighted by atomic mass is 10.0. The molecule has 0 saturated carbocycles. The molecule has 1 aromatic carbocycles. The summed E-state index contributed by atoms with van der Waals surface area (Å²) in [5.41, 5.74) is 1.12. The Morgan fingerprint density at radius 3 is 2.70 bits per heavy atom. The fraction of sp³-hybridized carbons (Fsp3) is 0.500. The van der Waals surface area contributed by atoms with E-state index >= 15 is 0 Å². The SMILES string of the molecule is CC[C@@H]1CCCCN1c1nnc(-c2ccccc2)n1C. The van der Waals surface area contributed by atoms with Crippen molar-refractivity contribution in [2.45, 2.75) is 38.6 Å². The van der Waals surface area contributed by atoms with E-state index < -0.39 is 0 Å². The molecule has 0 amide bonds. The minimum atomic E-state index is 0.607. The number of nitrogens with zero attached hydrogens (tertiary/aromatic N) is 4. The predicted molar refractivity (Wildman–Crippen MR) is 81.7 cm³/mol. The van der Waals surface area contributed by atoms with E-state index in [4.69, 9.17) is 0 Å². The fourth-order valence-electron chi connectivity index (χ4n) is 3.10. The Bertz CT molecular complexity index is 561. The molecule has 0 spiro atoms. The van der Waals surface area contributed by atoms with Crippen LogP contribution in [0.3, 0.4) is 0 Å². The van der Waals surface area contributed by atoms with Gasteiger partial charge in [0.15, 0.2) is 5.82 Å². The smallest absolute Gasteiger partial charge is 0.227 e. The van der Waals surface area contributed by atoms with Gasteiger partial charge in [0.1, 0.15) is 0 Å². The van der Waals surface area contributed by atoms with Crippen LogP contribution in [0.2, 0.25) is 0 Å². The largest absolute Gasteiger partial charge is 0.338 e. The van der Waals surface area contributed by atoms with Gasteiger partial charge in [0.05, 0.1) is 0 Å². The summed E-state index contributed by atoms with van der Waals surface area (Å²) < 4.78 is 2.13. The van der Waals surface area contributed by atoms with Crippen LogP contribution in [0.25, 0.3) is 11.4 Å². The summed E-state index contributed by atoms with van der Waals surface area (Å²) in [5.74, 6) is 1.96. The van der Waals surface area contributed by atoms with Gasteiger partial charge in [-0.05, 0) is 25.7 Å². The topological polar surface area (TPSA) is 34.0 Å². The van der Waals surface area contributed by atoms with Gasteiger partial charge in [0.25, 0.3) is 0 Å². The van der Waals surface area contributed by atoms with Crippen molar-refractivity contribution in [2.24, 2.45) is 7.05 Å². The maximum absolute atomic E-state index is 4.45.